The van der Waals surface area contributed by atoms with Gasteiger partial charge in [-0.05, 0) is 50.3 Å². The summed E-state index contributed by atoms with van der Waals surface area (Å²) in [4.78, 5) is 2.01. The number of halogens is 6. The van der Waals surface area contributed by atoms with Crippen LogP contribution in [0.5, 0.6) is 0 Å². The van der Waals surface area contributed by atoms with Crippen molar-refractivity contribution in [3.05, 3.63) is 23.8 Å². The third-order valence-electron chi connectivity index (χ3n) is 7.18. The monoisotopic (exact) mass is 528 g/mol. The van der Waals surface area contributed by atoms with E-state index in [1.807, 2.05) is 0 Å². The summed E-state index contributed by atoms with van der Waals surface area (Å²) in [6.07, 6.45) is -4.48. The molecular weight excluding hydrogens is 498 g/mol. The molecular formula is C23H30F6N2O3S. The third kappa shape index (κ3) is 6.43. The topological polar surface area (TPSA) is 49.9 Å². The first kappa shape index (κ1) is 26.5. The lowest BCUT2D eigenvalue weighted by molar-refractivity contribution is -0.146. The van der Waals surface area contributed by atoms with Crippen molar-refractivity contribution >= 4 is 15.5 Å². The van der Waals surface area contributed by atoms with E-state index in [0.717, 1.165) is 37.8 Å². The molecule has 12 heteroatoms. The molecule has 5 nitrogen and oxygen atoms in total. The number of hydrogen-bond donors (Lipinski definition) is 0. The van der Waals surface area contributed by atoms with Crippen LogP contribution in [-0.4, -0.2) is 69.7 Å². The molecule has 3 aliphatic rings. The zero-order valence-corrected chi connectivity index (χ0v) is 20.1. The van der Waals surface area contributed by atoms with Crippen molar-refractivity contribution in [3.8, 4) is 0 Å². The Balaban J connectivity index is 1.49. The summed E-state index contributed by atoms with van der Waals surface area (Å²) >= 11 is 0. The second-order valence-electron chi connectivity index (χ2n) is 9.70. The van der Waals surface area contributed by atoms with Gasteiger partial charge >= 0.3 is 12.4 Å². The van der Waals surface area contributed by atoms with Crippen molar-refractivity contribution < 1.29 is 39.5 Å². The highest BCUT2D eigenvalue weighted by molar-refractivity contribution is 7.92. The van der Waals surface area contributed by atoms with Gasteiger partial charge in [0.2, 0.25) is 0 Å². The van der Waals surface area contributed by atoms with E-state index < -0.39 is 44.4 Å². The Labute approximate surface area is 201 Å². The molecule has 2 saturated carbocycles. The molecule has 0 bridgehead atoms. The van der Waals surface area contributed by atoms with Crippen molar-refractivity contribution in [1.82, 2.24) is 4.90 Å². The maximum absolute atomic E-state index is 14.0. The van der Waals surface area contributed by atoms with Gasteiger partial charge < -0.3 is 9.64 Å². The van der Waals surface area contributed by atoms with E-state index in [1.54, 1.807) is 4.90 Å². The van der Waals surface area contributed by atoms with Crippen LogP contribution in [0.4, 0.5) is 32.0 Å². The van der Waals surface area contributed by atoms with Crippen molar-refractivity contribution in [3.63, 3.8) is 0 Å². The molecule has 1 heterocycles. The summed E-state index contributed by atoms with van der Waals surface area (Å²) in [5.74, 6) is 0. The Hall–Kier alpha value is -1.53. The van der Waals surface area contributed by atoms with E-state index in [2.05, 4.69) is 0 Å². The number of piperazine rings is 1. The van der Waals surface area contributed by atoms with Crippen molar-refractivity contribution in [2.75, 3.05) is 37.6 Å². The van der Waals surface area contributed by atoms with E-state index in [4.69, 9.17) is 4.74 Å². The molecule has 198 valence electrons. The molecule has 1 saturated heterocycles. The standard InChI is InChI=1S/C23H30F6N2O3S/c24-22(25,26)15-30-9-11-31(12-10-30)16-5-8-21(20(13-16)23(27,28)29)35(32,33)19-7-6-18(14-19)34-17-3-1-2-4-17/h5,8,13,17-19H,1-4,6-7,9-12,14-15H2/t18-,19-/m0/s1. The lowest BCUT2D eigenvalue weighted by Gasteiger charge is -2.36. The Kier molecular flexibility index (Phi) is 7.64. The number of ether oxygens (including phenoxy) is 1. The van der Waals surface area contributed by atoms with Gasteiger partial charge in [-0.2, -0.15) is 26.3 Å². The molecule has 0 aromatic heterocycles. The van der Waals surface area contributed by atoms with Gasteiger partial charge in [0.05, 0.1) is 34.5 Å². The molecule has 0 spiro atoms. The zero-order chi connectivity index (χ0) is 25.4. The van der Waals surface area contributed by atoms with Crippen molar-refractivity contribution in [2.24, 2.45) is 0 Å². The summed E-state index contributed by atoms with van der Waals surface area (Å²) in [6.45, 7) is -0.750. The van der Waals surface area contributed by atoms with E-state index >= 15 is 0 Å². The van der Waals surface area contributed by atoms with Gasteiger partial charge in [-0.15, -0.1) is 0 Å². The highest BCUT2D eigenvalue weighted by Gasteiger charge is 2.43. The zero-order valence-electron chi connectivity index (χ0n) is 19.2. The highest BCUT2D eigenvalue weighted by Crippen LogP contribution is 2.41. The van der Waals surface area contributed by atoms with Crippen LogP contribution in [0.3, 0.4) is 0 Å². The second kappa shape index (κ2) is 10.1. The third-order valence-corrected chi connectivity index (χ3v) is 9.45. The summed E-state index contributed by atoms with van der Waals surface area (Å²) in [5, 5.41) is -0.938. The fraction of sp³-hybridized carbons (Fsp3) is 0.739. The number of hydrogen-bond acceptors (Lipinski definition) is 5. The van der Waals surface area contributed by atoms with Crippen LogP contribution in [0.25, 0.3) is 0 Å². The molecule has 3 fully saturated rings. The maximum atomic E-state index is 14.0. The first-order chi connectivity index (χ1) is 16.3. The van der Waals surface area contributed by atoms with Crippen LogP contribution < -0.4 is 4.90 Å². The number of nitrogens with zero attached hydrogens (tertiary/aromatic N) is 2. The first-order valence-corrected chi connectivity index (χ1v) is 13.5. The van der Waals surface area contributed by atoms with Gasteiger partial charge in [0.1, 0.15) is 0 Å². The smallest absolute Gasteiger partial charge is 0.375 e. The summed E-state index contributed by atoms with van der Waals surface area (Å²) in [6, 6.07) is 3.14. The summed E-state index contributed by atoms with van der Waals surface area (Å²) < 4.78 is 112. The Bertz CT molecular complexity index is 984. The Morgan fingerprint density at radius 1 is 0.886 bits per heavy atom. The van der Waals surface area contributed by atoms with E-state index in [-0.39, 0.29) is 56.9 Å². The molecule has 1 aromatic carbocycles. The SMILES string of the molecule is O=S(=O)(c1ccc(N2CCN(CC(F)(F)F)CC2)cc1C(F)(F)F)[C@H]1CC[C@H](OC2CCCC2)C1. The van der Waals surface area contributed by atoms with Crippen LogP contribution in [0.1, 0.15) is 50.5 Å². The van der Waals surface area contributed by atoms with Gasteiger partial charge in [-0.1, -0.05) is 12.8 Å². The average molecular weight is 529 g/mol. The number of rotatable bonds is 6. The largest absolute Gasteiger partial charge is 0.417 e. The first-order valence-electron chi connectivity index (χ1n) is 12.0. The number of sulfone groups is 1. The maximum Gasteiger partial charge on any atom is 0.417 e. The molecule has 1 aromatic rings. The minimum Gasteiger partial charge on any atom is -0.375 e. The molecule has 2 atom stereocenters. The molecule has 2 aliphatic carbocycles. The van der Waals surface area contributed by atoms with Crippen LogP contribution in [0.2, 0.25) is 0 Å². The van der Waals surface area contributed by atoms with Gasteiger partial charge in [0, 0.05) is 31.9 Å². The number of anilines is 1. The average Bonchev–Trinajstić information content (AvgIpc) is 3.45. The predicted octanol–water partition coefficient (Wildman–Crippen LogP) is 5.04. The predicted molar refractivity (Wildman–Crippen MR) is 118 cm³/mol. The van der Waals surface area contributed by atoms with E-state index in [0.29, 0.717) is 6.42 Å². The molecule has 1 aliphatic heterocycles. The lowest BCUT2D eigenvalue weighted by Crippen LogP contribution is -2.49. The van der Waals surface area contributed by atoms with Crippen LogP contribution in [-0.2, 0) is 20.8 Å². The number of benzene rings is 1. The fourth-order valence-electron chi connectivity index (χ4n) is 5.38. The summed E-state index contributed by atoms with van der Waals surface area (Å²) in [7, 11) is -4.25. The molecule has 4 rings (SSSR count). The normalized spacial score (nSPS) is 25.5. The van der Waals surface area contributed by atoms with Crippen molar-refractivity contribution in [1.29, 1.82) is 0 Å². The molecule has 35 heavy (non-hydrogen) atoms. The lowest BCUT2D eigenvalue weighted by atomic mass is 10.1. The van der Waals surface area contributed by atoms with Crippen molar-refractivity contribution in [2.45, 2.75) is 79.7 Å². The second-order valence-corrected chi connectivity index (χ2v) is 11.9. The fourth-order valence-corrected chi connectivity index (χ4v) is 7.40. The minimum atomic E-state index is -4.89. The summed E-state index contributed by atoms with van der Waals surface area (Å²) in [5.41, 5.74) is -1.08. The van der Waals surface area contributed by atoms with Gasteiger partial charge in [0.25, 0.3) is 0 Å². The molecule has 0 amide bonds. The highest BCUT2D eigenvalue weighted by atomic mass is 32.2. The molecule has 0 unspecified atom stereocenters. The molecule has 0 radical (unpaired) electrons. The van der Waals surface area contributed by atoms with Gasteiger partial charge in [-0.3, -0.25) is 4.90 Å². The minimum absolute atomic E-state index is 0.0470. The Morgan fingerprint density at radius 2 is 1.54 bits per heavy atom. The van der Waals surface area contributed by atoms with Crippen LogP contribution >= 0.6 is 0 Å². The van der Waals surface area contributed by atoms with Crippen LogP contribution in [0.15, 0.2) is 23.1 Å². The Morgan fingerprint density at radius 3 is 2.14 bits per heavy atom. The number of alkyl halides is 6. The van der Waals surface area contributed by atoms with Crippen LogP contribution in [0, 0.1) is 0 Å². The van der Waals surface area contributed by atoms with E-state index in [1.165, 1.54) is 11.0 Å². The van der Waals surface area contributed by atoms with E-state index in [9.17, 15) is 34.8 Å². The quantitative estimate of drug-likeness (QED) is 0.484. The van der Waals surface area contributed by atoms with Gasteiger partial charge in [0.15, 0.2) is 9.84 Å². The molecule has 0 N–H and O–H groups in total. The van der Waals surface area contributed by atoms with Gasteiger partial charge in [-0.25, -0.2) is 8.42 Å².